The van der Waals surface area contributed by atoms with Gasteiger partial charge in [-0.25, -0.2) is 9.97 Å². The van der Waals surface area contributed by atoms with Gasteiger partial charge in [-0.2, -0.15) is 0 Å². The van der Waals surface area contributed by atoms with Crippen LogP contribution in [-0.2, 0) is 9.53 Å². The summed E-state index contributed by atoms with van der Waals surface area (Å²) < 4.78 is 5.21. The second-order valence-corrected chi connectivity index (χ2v) is 6.26. The smallest absolute Gasteiger partial charge is 0.314 e. The van der Waals surface area contributed by atoms with Gasteiger partial charge in [-0.1, -0.05) is 51.1 Å². The van der Waals surface area contributed by atoms with Gasteiger partial charge >= 0.3 is 5.97 Å². The fourth-order valence-corrected chi connectivity index (χ4v) is 2.44. The van der Waals surface area contributed by atoms with E-state index in [0.717, 1.165) is 11.1 Å². The fraction of sp³-hybridized carbons (Fsp3) is 0.389. The van der Waals surface area contributed by atoms with Crippen molar-refractivity contribution in [2.45, 2.75) is 33.6 Å². The molecule has 4 nitrogen and oxygen atoms in total. The Kier molecular flexibility index (Phi) is 4.91. The van der Waals surface area contributed by atoms with Crippen LogP contribution in [0.3, 0.4) is 0 Å². The van der Waals surface area contributed by atoms with E-state index in [-0.39, 0.29) is 17.3 Å². The van der Waals surface area contributed by atoms with Crippen LogP contribution in [0.4, 0.5) is 0 Å². The minimum atomic E-state index is -0.378. The average Bonchev–Trinajstić information content (AvgIpc) is 2.48. The molecule has 0 bridgehead atoms. The zero-order valence-corrected chi connectivity index (χ0v) is 13.5. The van der Waals surface area contributed by atoms with Crippen molar-refractivity contribution in [3.05, 3.63) is 48.3 Å². The van der Waals surface area contributed by atoms with E-state index in [0.29, 0.717) is 12.4 Å². The number of carbonyl (C=O) groups is 1. The highest BCUT2D eigenvalue weighted by Crippen LogP contribution is 2.35. The molecule has 1 unspecified atom stereocenters. The molecule has 0 fully saturated rings. The maximum absolute atomic E-state index is 12.3. The van der Waals surface area contributed by atoms with E-state index in [9.17, 15) is 4.79 Å². The van der Waals surface area contributed by atoms with Crippen molar-refractivity contribution >= 4 is 5.97 Å². The first-order valence-electron chi connectivity index (χ1n) is 7.47. The van der Waals surface area contributed by atoms with Crippen molar-refractivity contribution in [3.8, 4) is 11.4 Å². The lowest BCUT2D eigenvalue weighted by Crippen LogP contribution is -2.28. The summed E-state index contributed by atoms with van der Waals surface area (Å²) in [5.74, 6) is 0.0456. The van der Waals surface area contributed by atoms with Crippen LogP contribution in [-0.4, -0.2) is 22.5 Å². The Morgan fingerprint density at radius 1 is 1.14 bits per heavy atom. The third kappa shape index (κ3) is 3.70. The monoisotopic (exact) mass is 298 g/mol. The molecule has 2 rings (SSSR count). The molecule has 4 heteroatoms. The maximum Gasteiger partial charge on any atom is 0.314 e. The van der Waals surface area contributed by atoms with Gasteiger partial charge in [0, 0.05) is 23.5 Å². The second-order valence-electron chi connectivity index (χ2n) is 6.26. The molecule has 0 aliphatic rings. The molecule has 0 amide bonds. The van der Waals surface area contributed by atoms with Gasteiger partial charge in [0.15, 0.2) is 5.82 Å². The molecular weight excluding hydrogens is 276 g/mol. The molecule has 0 spiro atoms. The number of hydrogen-bond acceptors (Lipinski definition) is 4. The largest absolute Gasteiger partial charge is 0.466 e. The van der Waals surface area contributed by atoms with Crippen molar-refractivity contribution in [1.82, 2.24) is 9.97 Å². The van der Waals surface area contributed by atoms with Gasteiger partial charge in [-0.15, -0.1) is 0 Å². The van der Waals surface area contributed by atoms with E-state index in [4.69, 9.17) is 4.74 Å². The summed E-state index contributed by atoms with van der Waals surface area (Å²) in [5.41, 5.74) is 1.48. The molecule has 1 atom stereocenters. The molecule has 0 radical (unpaired) electrons. The van der Waals surface area contributed by atoms with Crippen LogP contribution in [0.2, 0.25) is 0 Å². The summed E-state index contributed by atoms with van der Waals surface area (Å²) in [6.07, 6.45) is 3.45. The number of ether oxygens (including phenoxy) is 1. The summed E-state index contributed by atoms with van der Waals surface area (Å²) in [5, 5.41) is 0. The van der Waals surface area contributed by atoms with E-state index in [1.165, 1.54) is 0 Å². The number of hydrogen-bond donors (Lipinski definition) is 0. The Morgan fingerprint density at radius 3 is 2.23 bits per heavy atom. The SMILES string of the molecule is CCOC(=O)C(c1cnc(-c2ccccc2)nc1)C(C)(C)C. The Balaban J connectivity index is 2.32. The van der Waals surface area contributed by atoms with Gasteiger partial charge in [-0.3, -0.25) is 4.79 Å². The molecule has 1 aromatic heterocycles. The number of aromatic nitrogens is 2. The van der Waals surface area contributed by atoms with Crippen LogP contribution in [0.1, 0.15) is 39.2 Å². The third-order valence-electron chi connectivity index (χ3n) is 3.43. The molecule has 2 aromatic rings. The lowest BCUT2D eigenvalue weighted by Gasteiger charge is -2.28. The average molecular weight is 298 g/mol. The standard InChI is InChI=1S/C18H22N2O2/c1-5-22-17(21)15(18(2,3)4)14-11-19-16(20-12-14)13-9-7-6-8-10-13/h6-12,15H,5H2,1-4H3. The van der Waals surface area contributed by atoms with E-state index in [2.05, 4.69) is 9.97 Å². The molecule has 0 aliphatic carbocycles. The highest BCUT2D eigenvalue weighted by molar-refractivity contribution is 5.79. The van der Waals surface area contributed by atoms with Gasteiger partial charge in [0.1, 0.15) is 0 Å². The minimum absolute atomic E-state index is 0.230. The Hall–Kier alpha value is -2.23. The lowest BCUT2D eigenvalue weighted by molar-refractivity contribution is -0.147. The number of esters is 1. The zero-order valence-electron chi connectivity index (χ0n) is 13.5. The van der Waals surface area contributed by atoms with E-state index >= 15 is 0 Å². The zero-order chi connectivity index (χ0) is 16.2. The van der Waals surface area contributed by atoms with E-state index in [1.54, 1.807) is 12.4 Å². The highest BCUT2D eigenvalue weighted by Gasteiger charge is 2.34. The molecule has 1 heterocycles. The van der Waals surface area contributed by atoms with Gasteiger partial charge in [0.2, 0.25) is 0 Å². The molecular formula is C18H22N2O2. The minimum Gasteiger partial charge on any atom is -0.466 e. The van der Waals surface area contributed by atoms with Gasteiger partial charge in [-0.05, 0) is 12.3 Å². The van der Waals surface area contributed by atoms with Crippen LogP contribution in [0, 0.1) is 5.41 Å². The predicted octanol–water partition coefficient (Wildman–Crippen LogP) is 3.84. The van der Waals surface area contributed by atoms with Crippen LogP contribution in [0.25, 0.3) is 11.4 Å². The maximum atomic E-state index is 12.3. The molecule has 116 valence electrons. The van der Waals surface area contributed by atoms with Crippen LogP contribution in [0.5, 0.6) is 0 Å². The quantitative estimate of drug-likeness (QED) is 0.805. The van der Waals surface area contributed by atoms with E-state index < -0.39 is 0 Å². The normalized spacial score (nSPS) is 12.7. The predicted molar refractivity (Wildman–Crippen MR) is 86.3 cm³/mol. The topological polar surface area (TPSA) is 52.1 Å². The summed E-state index contributed by atoms with van der Waals surface area (Å²) >= 11 is 0. The highest BCUT2D eigenvalue weighted by atomic mass is 16.5. The lowest BCUT2D eigenvalue weighted by atomic mass is 9.77. The number of rotatable bonds is 4. The molecule has 0 saturated heterocycles. The number of benzene rings is 1. The number of carbonyl (C=O) groups excluding carboxylic acids is 1. The Morgan fingerprint density at radius 2 is 1.73 bits per heavy atom. The van der Waals surface area contributed by atoms with Gasteiger partial charge in [0.25, 0.3) is 0 Å². The number of nitrogens with zero attached hydrogens (tertiary/aromatic N) is 2. The van der Waals surface area contributed by atoms with E-state index in [1.807, 2.05) is 58.0 Å². The Bertz CT molecular complexity index is 616. The molecule has 0 N–H and O–H groups in total. The summed E-state index contributed by atoms with van der Waals surface area (Å²) in [6.45, 7) is 8.22. The van der Waals surface area contributed by atoms with Crippen LogP contribution >= 0.6 is 0 Å². The van der Waals surface area contributed by atoms with Crippen LogP contribution in [0.15, 0.2) is 42.7 Å². The van der Waals surface area contributed by atoms with Gasteiger partial charge < -0.3 is 4.74 Å². The Labute approximate surface area is 131 Å². The molecule has 1 aromatic carbocycles. The summed E-state index contributed by atoms with van der Waals surface area (Å²) in [4.78, 5) is 21.1. The van der Waals surface area contributed by atoms with Crippen LogP contribution < -0.4 is 0 Å². The fourth-order valence-electron chi connectivity index (χ4n) is 2.44. The van der Waals surface area contributed by atoms with Gasteiger partial charge in [0.05, 0.1) is 12.5 Å². The first-order valence-corrected chi connectivity index (χ1v) is 7.47. The van der Waals surface area contributed by atoms with Crippen molar-refractivity contribution in [2.24, 2.45) is 5.41 Å². The van der Waals surface area contributed by atoms with Crippen molar-refractivity contribution in [3.63, 3.8) is 0 Å². The second kappa shape index (κ2) is 6.69. The first kappa shape index (κ1) is 16.1. The summed E-state index contributed by atoms with van der Waals surface area (Å²) in [6, 6.07) is 9.77. The summed E-state index contributed by atoms with van der Waals surface area (Å²) in [7, 11) is 0. The molecule has 0 saturated carbocycles. The molecule has 0 aliphatic heterocycles. The third-order valence-corrected chi connectivity index (χ3v) is 3.43. The molecule has 22 heavy (non-hydrogen) atoms. The first-order chi connectivity index (χ1) is 10.4. The van der Waals surface area contributed by atoms with Crippen molar-refractivity contribution in [1.29, 1.82) is 0 Å². The van der Waals surface area contributed by atoms with Crippen molar-refractivity contribution < 1.29 is 9.53 Å². The van der Waals surface area contributed by atoms with Crippen molar-refractivity contribution in [2.75, 3.05) is 6.61 Å².